The number of amides is 1. The van der Waals surface area contributed by atoms with Crippen molar-refractivity contribution in [3.8, 4) is 17.1 Å². The first kappa shape index (κ1) is 24.3. The maximum atomic E-state index is 15.3. The lowest BCUT2D eigenvalue weighted by Gasteiger charge is -2.26. The van der Waals surface area contributed by atoms with E-state index < -0.39 is 36.8 Å². The molecular formula is C26H25ClFN3O6. The van der Waals surface area contributed by atoms with Gasteiger partial charge in [0.1, 0.15) is 30.4 Å². The van der Waals surface area contributed by atoms with Gasteiger partial charge in [-0.05, 0) is 23.6 Å². The Morgan fingerprint density at radius 3 is 2.70 bits per heavy atom. The normalized spacial score (nSPS) is 25.4. The molecule has 2 saturated heterocycles. The lowest BCUT2D eigenvalue weighted by atomic mass is 9.97. The lowest BCUT2D eigenvalue weighted by molar-refractivity contribution is -0.133. The summed E-state index contributed by atoms with van der Waals surface area (Å²) in [6, 6.07) is 9.26. The molecule has 2 aromatic heterocycles. The van der Waals surface area contributed by atoms with Gasteiger partial charge in [-0.25, -0.2) is 4.98 Å². The number of H-pyrrole nitrogens is 1. The number of ether oxygens (including phenoxy) is 3. The third-order valence-electron chi connectivity index (χ3n) is 7.11. The van der Waals surface area contributed by atoms with Crippen molar-refractivity contribution in [1.29, 1.82) is 0 Å². The number of nitrogens with zero attached hydrogens (tertiary/aromatic N) is 2. The lowest BCUT2D eigenvalue weighted by Crippen LogP contribution is -2.36. The number of aromatic amines is 1. The number of halogens is 2. The summed E-state index contributed by atoms with van der Waals surface area (Å²) in [6.07, 6.45) is 0.435. The van der Waals surface area contributed by atoms with Crippen molar-refractivity contribution in [2.24, 2.45) is 0 Å². The molecule has 5 heterocycles. The monoisotopic (exact) mass is 529 g/mol. The smallest absolute Gasteiger partial charge is 0.248 e. The van der Waals surface area contributed by atoms with Crippen LogP contribution in [0, 0.1) is 5.82 Å². The van der Waals surface area contributed by atoms with Gasteiger partial charge in [-0.15, -0.1) is 0 Å². The summed E-state index contributed by atoms with van der Waals surface area (Å²) >= 11 is 6.52. The van der Waals surface area contributed by atoms with Gasteiger partial charge >= 0.3 is 0 Å². The second kappa shape index (κ2) is 9.70. The Bertz CT molecular complexity index is 1380. The third kappa shape index (κ3) is 4.38. The quantitative estimate of drug-likeness (QED) is 0.465. The van der Waals surface area contributed by atoms with E-state index in [1.54, 1.807) is 11.0 Å². The number of rotatable bonds is 5. The summed E-state index contributed by atoms with van der Waals surface area (Å²) in [5.74, 6) is -0.997. The van der Waals surface area contributed by atoms with Crippen LogP contribution in [-0.4, -0.2) is 88.3 Å². The summed E-state index contributed by atoms with van der Waals surface area (Å²) in [7, 11) is 0. The molecule has 194 valence electrons. The van der Waals surface area contributed by atoms with E-state index in [1.165, 1.54) is 0 Å². The van der Waals surface area contributed by atoms with Crippen molar-refractivity contribution in [2.75, 3.05) is 32.9 Å². The number of aliphatic hydroxyl groups excluding tert-OH is 2. The molecule has 3 aliphatic heterocycles. The van der Waals surface area contributed by atoms with E-state index in [0.717, 1.165) is 16.7 Å². The summed E-state index contributed by atoms with van der Waals surface area (Å²) in [5.41, 5.74) is 3.79. The van der Waals surface area contributed by atoms with E-state index in [2.05, 4.69) is 9.97 Å². The first-order valence-corrected chi connectivity index (χ1v) is 12.4. The second-order valence-electron chi connectivity index (χ2n) is 9.36. The Hall–Kier alpha value is -3.02. The molecule has 4 atom stereocenters. The van der Waals surface area contributed by atoms with Crippen LogP contribution in [0.25, 0.3) is 27.9 Å². The van der Waals surface area contributed by atoms with Gasteiger partial charge in [-0.2, -0.15) is 4.39 Å². The minimum absolute atomic E-state index is 0.0803. The number of pyridine rings is 1. The Balaban J connectivity index is 1.22. The number of benzene rings is 1. The van der Waals surface area contributed by atoms with Crippen molar-refractivity contribution >= 4 is 34.1 Å². The third-order valence-corrected chi connectivity index (χ3v) is 7.40. The minimum Gasteiger partial charge on any atom is -0.468 e. The minimum atomic E-state index is -0.722. The summed E-state index contributed by atoms with van der Waals surface area (Å²) in [4.78, 5) is 20.7. The van der Waals surface area contributed by atoms with Crippen molar-refractivity contribution in [3.63, 3.8) is 0 Å². The number of hydrogen-bond donors (Lipinski definition) is 3. The van der Waals surface area contributed by atoms with Crippen LogP contribution in [-0.2, 0) is 14.3 Å². The first-order chi connectivity index (χ1) is 17.9. The van der Waals surface area contributed by atoms with Crippen LogP contribution < -0.4 is 4.74 Å². The van der Waals surface area contributed by atoms with Crippen molar-refractivity contribution in [1.82, 2.24) is 14.9 Å². The second-order valence-corrected chi connectivity index (χ2v) is 9.76. The van der Waals surface area contributed by atoms with Crippen molar-refractivity contribution < 1.29 is 33.6 Å². The molecular weight excluding hydrogens is 505 g/mol. The highest BCUT2D eigenvalue weighted by molar-refractivity contribution is 6.33. The Labute approximate surface area is 216 Å². The highest BCUT2D eigenvalue weighted by Gasteiger charge is 2.48. The molecule has 37 heavy (non-hydrogen) atoms. The SMILES string of the molecule is O=C(CO)N1CC=C(c2ccc(-c3nc4c(F)c(O[C@@H]5COC6[C@H](O)CO[C@@H]65)[nH]c4cc3Cl)cc2)CC1. The van der Waals surface area contributed by atoms with E-state index in [-0.39, 0.29) is 30.5 Å². The van der Waals surface area contributed by atoms with Crippen LogP contribution in [0.1, 0.15) is 12.0 Å². The van der Waals surface area contributed by atoms with E-state index in [4.69, 9.17) is 30.9 Å². The predicted octanol–water partition coefficient (Wildman–Crippen LogP) is 2.54. The summed E-state index contributed by atoms with van der Waals surface area (Å²) < 4.78 is 32.2. The zero-order valence-electron chi connectivity index (χ0n) is 19.7. The number of nitrogens with one attached hydrogen (secondary N) is 1. The number of carbonyl (C=O) groups is 1. The van der Waals surface area contributed by atoms with Gasteiger partial charge in [-0.1, -0.05) is 41.9 Å². The average molecular weight is 530 g/mol. The van der Waals surface area contributed by atoms with Gasteiger partial charge in [0, 0.05) is 18.7 Å². The highest BCUT2D eigenvalue weighted by Crippen LogP contribution is 2.36. The Morgan fingerprint density at radius 1 is 1.22 bits per heavy atom. The largest absolute Gasteiger partial charge is 0.468 e. The fraction of sp³-hybridized carbons (Fsp3) is 0.385. The topological polar surface area (TPSA) is 117 Å². The number of aliphatic hydroxyl groups is 2. The molecule has 0 saturated carbocycles. The maximum Gasteiger partial charge on any atom is 0.248 e. The van der Waals surface area contributed by atoms with Crippen LogP contribution in [0.4, 0.5) is 4.39 Å². The van der Waals surface area contributed by atoms with Crippen LogP contribution >= 0.6 is 11.6 Å². The zero-order valence-corrected chi connectivity index (χ0v) is 20.4. The number of hydrogen-bond acceptors (Lipinski definition) is 7. The Morgan fingerprint density at radius 2 is 1.97 bits per heavy atom. The summed E-state index contributed by atoms with van der Waals surface area (Å²) in [6.45, 7) is 0.857. The zero-order chi connectivity index (χ0) is 25.7. The molecule has 1 unspecified atom stereocenters. The first-order valence-electron chi connectivity index (χ1n) is 12.1. The van der Waals surface area contributed by atoms with Gasteiger partial charge < -0.3 is 34.3 Å². The molecule has 0 spiro atoms. The van der Waals surface area contributed by atoms with E-state index in [1.807, 2.05) is 30.3 Å². The standard InChI is InChI=1S/C26H25ClFN3O6/c27-16-9-17-23(21(28)26(29-17)37-19-12-36-24-18(33)11-35-25(19)24)30-22(16)15-3-1-13(2-4-15)14-5-7-31(8-6-14)20(34)10-32/h1-5,9,18-19,24-25,29,32-33H,6-8,10-12H2/t18-,19-,24?,25-/m1/s1. The molecule has 0 radical (unpaired) electrons. The molecule has 1 amide bonds. The van der Waals surface area contributed by atoms with E-state index in [0.29, 0.717) is 35.7 Å². The Kier molecular flexibility index (Phi) is 6.37. The molecule has 3 N–H and O–H groups in total. The maximum absolute atomic E-state index is 15.3. The van der Waals surface area contributed by atoms with Crippen LogP contribution in [0.15, 0.2) is 36.4 Å². The fourth-order valence-electron chi connectivity index (χ4n) is 5.12. The van der Waals surface area contributed by atoms with Gasteiger partial charge in [0.15, 0.2) is 6.10 Å². The van der Waals surface area contributed by atoms with Crippen LogP contribution in [0.3, 0.4) is 0 Å². The molecule has 9 nitrogen and oxygen atoms in total. The van der Waals surface area contributed by atoms with E-state index >= 15 is 4.39 Å². The van der Waals surface area contributed by atoms with Crippen molar-refractivity contribution in [2.45, 2.75) is 30.8 Å². The molecule has 1 aromatic carbocycles. The predicted molar refractivity (Wildman–Crippen MR) is 133 cm³/mol. The van der Waals surface area contributed by atoms with Gasteiger partial charge in [0.2, 0.25) is 17.6 Å². The highest BCUT2D eigenvalue weighted by atomic mass is 35.5. The average Bonchev–Trinajstić information content (AvgIpc) is 3.59. The van der Waals surface area contributed by atoms with Gasteiger partial charge in [0.25, 0.3) is 0 Å². The van der Waals surface area contributed by atoms with Crippen molar-refractivity contribution in [3.05, 3.63) is 52.8 Å². The number of fused-ring (bicyclic) bond motifs is 2. The number of carbonyl (C=O) groups excluding carboxylic acids is 1. The van der Waals surface area contributed by atoms with Gasteiger partial charge in [0.05, 0.1) is 29.4 Å². The van der Waals surface area contributed by atoms with Crippen LogP contribution in [0.5, 0.6) is 5.88 Å². The molecule has 6 rings (SSSR count). The van der Waals surface area contributed by atoms with E-state index in [9.17, 15) is 9.90 Å². The molecule has 3 aromatic rings. The fourth-order valence-corrected chi connectivity index (χ4v) is 5.38. The molecule has 0 bridgehead atoms. The summed E-state index contributed by atoms with van der Waals surface area (Å²) in [5, 5.41) is 19.3. The molecule has 0 aliphatic carbocycles. The van der Waals surface area contributed by atoms with Crippen LogP contribution in [0.2, 0.25) is 5.02 Å². The van der Waals surface area contributed by atoms with Gasteiger partial charge in [-0.3, -0.25) is 4.79 Å². The number of aromatic nitrogens is 2. The molecule has 3 aliphatic rings. The molecule has 11 heteroatoms. The molecule has 2 fully saturated rings.